The molecule has 1 aliphatic rings. The predicted octanol–water partition coefficient (Wildman–Crippen LogP) is 1.26. The zero-order valence-electron chi connectivity index (χ0n) is 10.7. The molecule has 98 valence electrons. The van der Waals surface area contributed by atoms with E-state index in [1.165, 1.54) is 0 Å². The van der Waals surface area contributed by atoms with Crippen molar-refractivity contribution in [3.63, 3.8) is 0 Å². The van der Waals surface area contributed by atoms with Gasteiger partial charge in [-0.05, 0) is 49.8 Å². The quantitative estimate of drug-likeness (QED) is 0.762. The molecule has 1 fully saturated rings. The number of hydrogen-bond acceptors (Lipinski definition) is 3. The molecule has 0 spiro atoms. The molecule has 0 aliphatic heterocycles. The van der Waals surface area contributed by atoms with Gasteiger partial charge in [-0.3, -0.25) is 9.78 Å². The van der Waals surface area contributed by atoms with E-state index in [1.807, 2.05) is 18.2 Å². The summed E-state index contributed by atoms with van der Waals surface area (Å²) >= 11 is 0. The van der Waals surface area contributed by atoms with E-state index in [1.54, 1.807) is 6.20 Å². The maximum absolute atomic E-state index is 11.7. The molecule has 3 N–H and O–H groups in total. The fraction of sp³-hybridized carbons (Fsp3) is 0.571. The third-order valence-electron chi connectivity index (χ3n) is 3.61. The number of nitrogens with two attached hydrogens (primary N) is 1. The summed E-state index contributed by atoms with van der Waals surface area (Å²) in [4.78, 5) is 15.9. The second kappa shape index (κ2) is 5.96. The molecule has 1 heterocycles. The Kier molecular flexibility index (Phi) is 4.31. The Bertz CT molecular complexity index is 387. The summed E-state index contributed by atoms with van der Waals surface area (Å²) < 4.78 is 0. The van der Waals surface area contributed by atoms with Crippen molar-refractivity contribution in [3.05, 3.63) is 30.1 Å². The molecule has 0 bridgehead atoms. The van der Waals surface area contributed by atoms with Gasteiger partial charge in [-0.15, -0.1) is 0 Å². The number of rotatable bonds is 7. The smallest absolute Gasteiger partial charge is 0.220 e. The first-order valence-electron chi connectivity index (χ1n) is 6.61. The Labute approximate surface area is 108 Å². The third-order valence-corrected chi connectivity index (χ3v) is 3.61. The van der Waals surface area contributed by atoms with E-state index in [9.17, 15) is 4.79 Å². The highest BCUT2D eigenvalue weighted by molar-refractivity contribution is 5.75. The van der Waals surface area contributed by atoms with Crippen LogP contribution >= 0.6 is 0 Å². The fourth-order valence-corrected chi connectivity index (χ4v) is 1.98. The van der Waals surface area contributed by atoms with Crippen LogP contribution in [0.1, 0.15) is 31.4 Å². The van der Waals surface area contributed by atoms with Crippen molar-refractivity contribution < 1.29 is 4.79 Å². The minimum Gasteiger partial charge on any atom is -0.355 e. The van der Waals surface area contributed by atoms with Gasteiger partial charge in [0.15, 0.2) is 0 Å². The van der Waals surface area contributed by atoms with Crippen LogP contribution in [0.2, 0.25) is 0 Å². The van der Waals surface area contributed by atoms with Crippen LogP contribution in [0.15, 0.2) is 24.4 Å². The van der Waals surface area contributed by atoms with E-state index in [0.29, 0.717) is 13.0 Å². The van der Waals surface area contributed by atoms with Gasteiger partial charge in [0.1, 0.15) is 0 Å². The minimum atomic E-state index is 0.130. The van der Waals surface area contributed by atoms with Crippen LogP contribution in [0.3, 0.4) is 0 Å². The molecule has 1 aliphatic carbocycles. The first kappa shape index (κ1) is 13.0. The third kappa shape index (κ3) is 3.81. The molecule has 4 nitrogen and oxygen atoms in total. The van der Waals surface area contributed by atoms with Crippen LogP contribution in [-0.4, -0.2) is 24.0 Å². The molecule has 2 rings (SSSR count). The topological polar surface area (TPSA) is 68.0 Å². The maximum atomic E-state index is 11.7. The molecule has 0 aromatic carbocycles. The van der Waals surface area contributed by atoms with Crippen LogP contribution in [0.5, 0.6) is 0 Å². The molecule has 1 aromatic heterocycles. The second-order valence-corrected chi connectivity index (χ2v) is 5.16. The van der Waals surface area contributed by atoms with Gasteiger partial charge in [-0.1, -0.05) is 6.07 Å². The van der Waals surface area contributed by atoms with Crippen molar-refractivity contribution in [2.45, 2.75) is 32.1 Å². The second-order valence-electron chi connectivity index (χ2n) is 5.16. The summed E-state index contributed by atoms with van der Waals surface area (Å²) in [5.41, 5.74) is 6.94. The van der Waals surface area contributed by atoms with Gasteiger partial charge in [0.25, 0.3) is 0 Å². The van der Waals surface area contributed by atoms with Crippen molar-refractivity contribution >= 4 is 5.91 Å². The first-order chi connectivity index (χ1) is 8.74. The van der Waals surface area contributed by atoms with E-state index >= 15 is 0 Å². The predicted molar refractivity (Wildman–Crippen MR) is 70.9 cm³/mol. The van der Waals surface area contributed by atoms with E-state index in [2.05, 4.69) is 10.3 Å². The minimum absolute atomic E-state index is 0.130. The van der Waals surface area contributed by atoms with Crippen molar-refractivity contribution in [1.82, 2.24) is 10.3 Å². The van der Waals surface area contributed by atoms with Crippen LogP contribution in [0.4, 0.5) is 0 Å². The van der Waals surface area contributed by atoms with Gasteiger partial charge < -0.3 is 11.1 Å². The lowest BCUT2D eigenvalue weighted by molar-refractivity contribution is -0.121. The van der Waals surface area contributed by atoms with Crippen LogP contribution in [-0.2, 0) is 11.2 Å². The fourth-order valence-electron chi connectivity index (χ4n) is 1.98. The molecule has 18 heavy (non-hydrogen) atoms. The Morgan fingerprint density at radius 3 is 2.89 bits per heavy atom. The van der Waals surface area contributed by atoms with Gasteiger partial charge in [0.2, 0.25) is 5.91 Å². The standard InChI is InChI=1S/C14H21N3O/c15-10-14(7-8-14)11-17-13(18)6-3-5-12-4-1-2-9-16-12/h1-2,4,9H,3,5-8,10-11,15H2,(H,17,18). The molecular formula is C14H21N3O. The molecule has 1 amide bonds. The summed E-state index contributed by atoms with van der Waals surface area (Å²) in [5.74, 6) is 0.130. The van der Waals surface area contributed by atoms with Gasteiger partial charge in [0, 0.05) is 24.9 Å². The van der Waals surface area contributed by atoms with Crippen LogP contribution in [0.25, 0.3) is 0 Å². The lowest BCUT2D eigenvalue weighted by Crippen LogP contribution is -2.33. The van der Waals surface area contributed by atoms with Gasteiger partial charge in [0.05, 0.1) is 0 Å². The number of nitrogens with zero attached hydrogens (tertiary/aromatic N) is 1. The van der Waals surface area contributed by atoms with E-state index in [-0.39, 0.29) is 11.3 Å². The number of amides is 1. The van der Waals surface area contributed by atoms with Gasteiger partial charge in [-0.25, -0.2) is 0 Å². The van der Waals surface area contributed by atoms with Gasteiger partial charge in [-0.2, -0.15) is 0 Å². The average molecular weight is 247 g/mol. The van der Waals surface area contributed by atoms with Crippen molar-refractivity contribution in [2.24, 2.45) is 11.1 Å². The number of hydrogen-bond donors (Lipinski definition) is 2. The number of carbonyl (C=O) groups excluding carboxylic acids is 1. The summed E-state index contributed by atoms with van der Waals surface area (Å²) in [6.07, 6.45) is 6.36. The SMILES string of the molecule is NCC1(CNC(=O)CCCc2ccccn2)CC1. The normalized spacial score (nSPS) is 16.3. The lowest BCUT2D eigenvalue weighted by Gasteiger charge is -2.13. The van der Waals surface area contributed by atoms with Crippen molar-refractivity contribution in [2.75, 3.05) is 13.1 Å². The van der Waals surface area contributed by atoms with E-state index in [4.69, 9.17) is 5.73 Å². The zero-order valence-corrected chi connectivity index (χ0v) is 10.7. The van der Waals surface area contributed by atoms with Crippen LogP contribution in [0, 0.1) is 5.41 Å². The van der Waals surface area contributed by atoms with Crippen molar-refractivity contribution in [1.29, 1.82) is 0 Å². The molecule has 0 saturated heterocycles. The van der Waals surface area contributed by atoms with E-state index in [0.717, 1.165) is 37.9 Å². The summed E-state index contributed by atoms with van der Waals surface area (Å²) in [6.45, 7) is 1.42. The number of nitrogens with one attached hydrogen (secondary N) is 1. The number of aryl methyl sites for hydroxylation is 1. The molecule has 1 saturated carbocycles. The maximum Gasteiger partial charge on any atom is 0.220 e. The van der Waals surface area contributed by atoms with Crippen molar-refractivity contribution in [3.8, 4) is 0 Å². The Balaban J connectivity index is 1.60. The zero-order chi connectivity index (χ0) is 12.8. The molecule has 0 unspecified atom stereocenters. The lowest BCUT2D eigenvalue weighted by atomic mass is 10.1. The monoisotopic (exact) mass is 247 g/mol. The first-order valence-corrected chi connectivity index (χ1v) is 6.61. The van der Waals surface area contributed by atoms with Crippen LogP contribution < -0.4 is 11.1 Å². The molecule has 4 heteroatoms. The Morgan fingerprint density at radius 1 is 1.44 bits per heavy atom. The number of carbonyl (C=O) groups is 1. The summed E-state index contributed by atoms with van der Waals surface area (Å²) in [7, 11) is 0. The van der Waals surface area contributed by atoms with Gasteiger partial charge >= 0.3 is 0 Å². The average Bonchev–Trinajstić information content (AvgIpc) is 3.18. The highest BCUT2D eigenvalue weighted by atomic mass is 16.1. The van der Waals surface area contributed by atoms with E-state index < -0.39 is 0 Å². The highest BCUT2D eigenvalue weighted by Gasteiger charge is 2.41. The Hall–Kier alpha value is -1.42. The number of pyridine rings is 1. The number of aromatic nitrogens is 1. The highest BCUT2D eigenvalue weighted by Crippen LogP contribution is 2.43. The summed E-state index contributed by atoms with van der Waals surface area (Å²) in [6, 6.07) is 5.87. The molecule has 1 aromatic rings. The largest absolute Gasteiger partial charge is 0.355 e. The summed E-state index contributed by atoms with van der Waals surface area (Å²) in [5, 5.41) is 2.98. The molecule has 0 radical (unpaired) electrons. The molecular weight excluding hydrogens is 226 g/mol. The Morgan fingerprint density at radius 2 is 2.28 bits per heavy atom. The molecule has 0 atom stereocenters.